The van der Waals surface area contributed by atoms with Crippen molar-refractivity contribution < 1.29 is 0 Å². The van der Waals surface area contributed by atoms with Gasteiger partial charge in [-0.25, -0.2) is 0 Å². The third-order valence-corrected chi connectivity index (χ3v) is 2.15. The molecule has 1 nitrogen and oxygen atoms in total. The van der Waals surface area contributed by atoms with Gasteiger partial charge >= 0.3 is 0 Å². The van der Waals surface area contributed by atoms with Crippen LogP contribution in [0.2, 0.25) is 0 Å². The minimum atomic E-state index is 0.759. The maximum absolute atomic E-state index is 8.67. The molecule has 0 amide bonds. The summed E-state index contributed by atoms with van der Waals surface area (Å²) in [5.74, 6) is 0.759. The molecule has 0 aliphatic heterocycles. The fourth-order valence-electron chi connectivity index (χ4n) is 1.21. The summed E-state index contributed by atoms with van der Waals surface area (Å²) in [5, 5.41) is 8.67. The zero-order chi connectivity index (χ0) is 7.56. The van der Waals surface area contributed by atoms with Crippen molar-refractivity contribution in [1.29, 1.82) is 5.26 Å². The first-order valence-electron chi connectivity index (χ1n) is 3.89. The van der Waals surface area contributed by atoms with Crippen molar-refractivity contribution in [1.82, 2.24) is 0 Å². The van der Waals surface area contributed by atoms with E-state index in [0.29, 0.717) is 0 Å². The lowest BCUT2D eigenvalue weighted by molar-refractivity contribution is 0.955. The van der Waals surface area contributed by atoms with E-state index in [9.17, 15) is 0 Å². The number of hydrogen-bond donors (Lipinski definition) is 0. The van der Waals surface area contributed by atoms with Gasteiger partial charge in [0.1, 0.15) is 0 Å². The molecule has 0 atom stereocenters. The normalized spacial score (nSPS) is 19.7. The van der Waals surface area contributed by atoms with Gasteiger partial charge in [-0.05, 0) is 32.1 Å². The topological polar surface area (TPSA) is 23.8 Å². The fourth-order valence-corrected chi connectivity index (χ4v) is 1.21. The molecule has 1 rings (SSSR count). The van der Waals surface area contributed by atoms with E-state index >= 15 is 0 Å². The molecule has 0 unspecified atom stereocenters. The number of allylic oxidation sites excluding steroid dienone is 2. The second kappa shape index (κ2) is 2.88. The van der Waals surface area contributed by atoms with Gasteiger partial charge in [-0.15, -0.1) is 0 Å². The van der Waals surface area contributed by atoms with Crippen LogP contribution >= 0.6 is 0 Å². The summed E-state index contributed by atoms with van der Waals surface area (Å²) in [4.78, 5) is 0. The van der Waals surface area contributed by atoms with Crippen molar-refractivity contribution in [3.8, 4) is 6.07 Å². The SMILES string of the molecule is CC/C(C#N)=C(/C)C1CC1. The summed E-state index contributed by atoms with van der Waals surface area (Å²) in [6.07, 6.45) is 3.51. The van der Waals surface area contributed by atoms with Crippen LogP contribution in [0.15, 0.2) is 11.1 Å². The molecule has 1 aliphatic carbocycles. The van der Waals surface area contributed by atoms with Crippen LogP contribution in [-0.2, 0) is 0 Å². The van der Waals surface area contributed by atoms with Gasteiger partial charge in [0.15, 0.2) is 0 Å². The monoisotopic (exact) mass is 135 g/mol. The van der Waals surface area contributed by atoms with Crippen LogP contribution in [0.3, 0.4) is 0 Å². The predicted octanol–water partition coefficient (Wildman–Crippen LogP) is 2.65. The summed E-state index contributed by atoms with van der Waals surface area (Å²) in [5.41, 5.74) is 2.34. The minimum absolute atomic E-state index is 0.759. The Balaban J connectivity index is 2.70. The lowest BCUT2D eigenvalue weighted by Crippen LogP contribution is -1.85. The highest BCUT2D eigenvalue weighted by Gasteiger charge is 2.24. The first-order chi connectivity index (χ1) is 4.79. The minimum Gasteiger partial charge on any atom is -0.193 e. The first-order valence-corrected chi connectivity index (χ1v) is 3.89. The molecule has 0 N–H and O–H groups in total. The number of nitrogens with zero attached hydrogens (tertiary/aromatic N) is 1. The van der Waals surface area contributed by atoms with Gasteiger partial charge in [-0.1, -0.05) is 12.5 Å². The summed E-state index contributed by atoms with van der Waals surface area (Å²) in [6.45, 7) is 4.14. The van der Waals surface area contributed by atoms with Crippen molar-refractivity contribution in [2.75, 3.05) is 0 Å². The molecule has 0 aromatic heterocycles. The zero-order valence-electron chi connectivity index (χ0n) is 6.65. The van der Waals surface area contributed by atoms with Crippen molar-refractivity contribution >= 4 is 0 Å². The van der Waals surface area contributed by atoms with Crippen LogP contribution in [-0.4, -0.2) is 0 Å². The number of rotatable bonds is 2. The standard InChI is InChI=1S/C9H13N/c1-3-8(6-10)7(2)9-4-5-9/h9H,3-5H2,1-2H3/b8-7+. The average Bonchev–Trinajstić information content (AvgIpc) is 2.71. The highest BCUT2D eigenvalue weighted by molar-refractivity contribution is 5.29. The van der Waals surface area contributed by atoms with Gasteiger partial charge in [-0.2, -0.15) is 5.26 Å². The van der Waals surface area contributed by atoms with Gasteiger partial charge in [0.2, 0.25) is 0 Å². The van der Waals surface area contributed by atoms with Crippen molar-refractivity contribution in [3.05, 3.63) is 11.1 Å². The van der Waals surface area contributed by atoms with E-state index < -0.39 is 0 Å². The second-order valence-electron chi connectivity index (χ2n) is 2.90. The van der Waals surface area contributed by atoms with Crippen molar-refractivity contribution in [2.45, 2.75) is 33.1 Å². The van der Waals surface area contributed by atoms with Gasteiger partial charge < -0.3 is 0 Å². The van der Waals surface area contributed by atoms with Crippen molar-refractivity contribution in [2.24, 2.45) is 5.92 Å². The highest BCUT2D eigenvalue weighted by Crippen LogP contribution is 2.37. The Morgan fingerprint density at radius 1 is 1.60 bits per heavy atom. The van der Waals surface area contributed by atoms with Crippen LogP contribution in [0.1, 0.15) is 33.1 Å². The molecular weight excluding hydrogens is 122 g/mol. The first kappa shape index (κ1) is 7.34. The molecule has 1 saturated carbocycles. The molecule has 0 saturated heterocycles. The van der Waals surface area contributed by atoms with Gasteiger partial charge in [0, 0.05) is 5.57 Å². The number of nitriles is 1. The van der Waals surface area contributed by atoms with E-state index in [1.54, 1.807) is 0 Å². The Morgan fingerprint density at radius 2 is 2.20 bits per heavy atom. The van der Waals surface area contributed by atoms with Crippen LogP contribution in [0.25, 0.3) is 0 Å². The van der Waals surface area contributed by atoms with Gasteiger partial charge in [-0.3, -0.25) is 0 Å². The molecule has 1 heteroatoms. The van der Waals surface area contributed by atoms with E-state index in [2.05, 4.69) is 13.0 Å². The predicted molar refractivity (Wildman–Crippen MR) is 41.3 cm³/mol. The fraction of sp³-hybridized carbons (Fsp3) is 0.667. The zero-order valence-corrected chi connectivity index (χ0v) is 6.65. The summed E-state index contributed by atoms with van der Waals surface area (Å²) >= 11 is 0. The maximum atomic E-state index is 8.67. The van der Waals surface area contributed by atoms with Gasteiger partial charge in [0.25, 0.3) is 0 Å². The molecule has 54 valence electrons. The van der Waals surface area contributed by atoms with E-state index in [4.69, 9.17) is 5.26 Å². The van der Waals surface area contributed by atoms with E-state index in [1.807, 2.05) is 6.92 Å². The van der Waals surface area contributed by atoms with Crippen molar-refractivity contribution in [3.63, 3.8) is 0 Å². The van der Waals surface area contributed by atoms with E-state index in [-0.39, 0.29) is 0 Å². The Morgan fingerprint density at radius 3 is 2.50 bits per heavy atom. The second-order valence-corrected chi connectivity index (χ2v) is 2.90. The lowest BCUT2D eigenvalue weighted by Gasteiger charge is -1.98. The lowest BCUT2D eigenvalue weighted by atomic mass is 10.1. The maximum Gasteiger partial charge on any atom is 0.0946 e. The Kier molecular flexibility index (Phi) is 2.11. The smallest absolute Gasteiger partial charge is 0.0946 e. The molecule has 1 aliphatic rings. The number of hydrogen-bond acceptors (Lipinski definition) is 1. The quantitative estimate of drug-likeness (QED) is 0.534. The summed E-state index contributed by atoms with van der Waals surface area (Å²) < 4.78 is 0. The highest BCUT2D eigenvalue weighted by atomic mass is 14.3. The molecule has 0 spiro atoms. The van der Waals surface area contributed by atoms with Crippen LogP contribution in [0.4, 0.5) is 0 Å². The molecule has 0 bridgehead atoms. The molecule has 1 fully saturated rings. The van der Waals surface area contributed by atoms with Crippen LogP contribution < -0.4 is 0 Å². The van der Waals surface area contributed by atoms with Crippen LogP contribution in [0, 0.1) is 17.2 Å². The molecule has 10 heavy (non-hydrogen) atoms. The third kappa shape index (κ3) is 1.39. The Hall–Kier alpha value is -0.770. The Bertz CT molecular complexity index is 191. The van der Waals surface area contributed by atoms with E-state index in [0.717, 1.165) is 17.9 Å². The molecule has 0 radical (unpaired) electrons. The summed E-state index contributed by atoms with van der Waals surface area (Å²) in [7, 11) is 0. The average molecular weight is 135 g/mol. The molecule has 0 aromatic carbocycles. The molecule has 0 heterocycles. The van der Waals surface area contributed by atoms with Gasteiger partial charge in [0.05, 0.1) is 6.07 Å². The molecule has 0 aromatic rings. The third-order valence-electron chi connectivity index (χ3n) is 2.15. The largest absolute Gasteiger partial charge is 0.193 e. The van der Waals surface area contributed by atoms with E-state index in [1.165, 1.54) is 18.4 Å². The summed E-state index contributed by atoms with van der Waals surface area (Å²) in [6, 6.07) is 2.25. The Labute approximate surface area is 62.4 Å². The van der Waals surface area contributed by atoms with Crippen LogP contribution in [0.5, 0.6) is 0 Å². The molecular formula is C9H13N.